The van der Waals surface area contributed by atoms with Crippen molar-refractivity contribution < 1.29 is 39.4 Å². The summed E-state index contributed by atoms with van der Waals surface area (Å²) < 4.78 is 21.0. The number of phenols is 4. The SMILES string of the molecule is COc1ccc(C(c2ccc(C(c3ccc(OC)c(O)c3)c3ccc(OC)c(O)c3)cc2)c2ccc(OC)c(O)c2)cc1O. The molecule has 5 aromatic carbocycles. The first-order chi connectivity index (χ1) is 21.3. The molecule has 0 fully saturated rings. The lowest BCUT2D eigenvalue weighted by molar-refractivity contribution is 0.372. The Bertz CT molecular complexity index is 1530. The summed E-state index contributed by atoms with van der Waals surface area (Å²) in [4.78, 5) is 0. The molecule has 0 spiro atoms. The van der Waals surface area contributed by atoms with Crippen LogP contribution in [0.2, 0.25) is 0 Å². The highest BCUT2D eigenvalue weighted by Gasteiger charge is 2.23. The lowest BCUT2D eigenvalue weighted by Crippen LogP contribution is -2.07. The molecular formula is C36H34O8. The van der Waals surface area contributed by atoms with E-state index in [9.17, 15) is 20.4 Å². The molecule has 0 aromatic heterocycles. The van der Waals surface area contributed by atoms with Crippen LogP contribution in [0.25, 0.3) is 0 Å². The molecule has 0 aliphatic carbocycles. The van der Waals surface area contributed by atoms with Crippen molar-refractivity contribution in [3.63, 3.8) is 0 Å². The third-order valence-corrected chi connectivity index (χ3v) is 7.75. The van der Waals surface area contributed by atoms with Crippen molar-refractivity contribution in [2.24, 2.45) is 0 Å². The molecule has 0 bridgehead atoms. The van der Waals surface area contributed by atoms with Gasteiger partial charge in [-0.1, -0.05) is 48.5 Å². The number of hydrogen-bond acceptors (Lipinski definition) is 8. The van der Waals surface area contributed by atoms with Gasteiger partial charge in [-0.3, -0.25) is 0 Å². The van der Waals surface area contributed by atoms with E-state index in [2.05, 4.69) is 0 Å². The largest absolute Gasteiger partial charge is 0.504 e. The maximum Gasteiger partial charge on any atom is 0.160 e. The van der Waals surface area contributed by atoms with Gasteiger partial charge >= 0.3 is 0 Å². The van der Waals surface area contributed by atoms with E-state index in [4.69, 9.17) is 18.9 Å². The summed E-state index contributed by atoms with van der Waals surface area (Å²) in [5, 5.41) is 42.4. The first-order valence-electron chi connectivity index (χ1n) is 13.8. The van der Waals surface area contributed by atoms with Gasteiger partial charge in [0.1, 0.15) is 0 Å². The Hall–Kier alpha value is -5.50. The highest BCUT2D eigenvalue weighted by atomic mass is 16.5. The zero-order chi connectivity index (χ0) is 31.4. The number of phenolic OH excluding ortho intramolecular Hbond substituents is 4. The first kappa shape index (κ1) is 30.0. The summed E-state index contributed by atoms with van der Waals surface area (Å²) in [5.74, 6) is 0.722. The van der Waals surface area contributed by atoms with Crippen molar-refractivity contribution in [3.8, 4) is 46.0 Å². The predicted molar refractivity (Wildman–Crippen MR) is 167 cm³/mol. The van der Waals surface area contributed by atoms with Gasteiger partial charge in [0.05, 0.1) is 28.4 Å². The molecule has 0 amide bonds. The maximum atomic E-state index is 10.6. The fourth-order valence-corrected chi connectivity index (χ4v) is 5.58. The lowest BCUT2D eigenvalue weighted by Gasteiger charge is -2.23. The molecule has 8 heteroatoms. The van der Waals surface area contributed by atoms with Crippen LogP contribution in [0.1, 0.15) is 45.2 Å². The van der Waals surface area contributed by atoms with E-state index in [-0.39, 0.29) is 34.8 Å². The van der Waals surface area contributed by atoms with Crippen LogP contribution in [0.3, 0.4) is 0 Å². The first-order valence-corrected chi connectivity index (χ1v) is 13.8. The van der Waals surface area contributed by atoms with Crippen LogP contribution < -0.4 is 18.9 Å². The average molecular weight is 595 g/mol. The van der Waals surface area contributed by atoms with Crippen molar-refractivity contribution in [1.29, 1.82) is 0 Å². The van der Waals surface area contributed by atoms with E-state index < -0.39 is 0 Å². The van der Waals surface area contributed by atoms with Crippen LogP contribution in [-0.2, 0) is 0 Å². The summed E-state index contributed by atoms with van der Waals surface area (Å²) in [6.45, 7) is 0. The van der Waals surface area contributed by atoms with Gasteiger partial charge in [-0.15, -0.1) is 0 Å². The molecule has 8 nitrogen and oxygen atoms in total. The van der Waals surface area contributed by atoms with E-state index in [0.29, 0.717) is 23.0 Å². The van der Waals surface area contributed by atoms with Gasteiger partial charge in [-0.2, -0.15) is 0 Å². The molecule has 0 aliphatic heterocycles. The zero-order valence-electron chi connectivity index (χ0n) is 24.8. The Labute approximate surface area is 255 Å². The minimum atomic E-state index is -0.355. The fourth-order valence-electron chi connectivity index (χ4n) is 5.58. The van der Waals surface area contributed by atoms with E-state index in [1.807, 2.05) is 48.5 Å². The Morgan fingerprint density at radius 1 is 0.341 bits per heavy atom. The van der Waals surface area contributed by atoms with Crippen LogP contribution in [0.5, 0.6) is 46.0 Å². The predicted octanol–water partition coefficient (Wildman–Crippen LogP) is 6.90. The molecule has 0 saturated heterocycles. The normalized spacial score (nSPS) is 11.0. The number of benzene rings is 5. The Morgan fingerprint density at radius 2 is 0.545 bits per heavy atom. The molecular weight excluding hydrogens is 560 g/mol. The van der Waals surface area contributed by atoms with E-state index in [1.54, 1.807) is 48.5 Å². The quantitative estimate of drug-likeness (QED) is 0.129. The standard InChI is InChI=1S/C36H34O8/c1-41-31-13-9-23(17-27(31)37)35(24-10-14-32(42-2)28(38)18-24)21-5-7-22(8-6-21)36(25-11-15-33(43-3)29(39)19-25)26-12-16-34(44-4)30(40)20-26/h5-20,35-40H,1-4H3. The second-order valence-corrected chi connectivity index (χ2v) is 10.3. The Morgan fingerprint density at radius 3 is 0.727 bits per heavy atom. The molecule has 44 heavy (non-hydrogen) atoms. The van der Waals surface area contributed by atoms with E-state index in [1.165, 1.54) is 28.4 Å². The van der Waals surface area contributed by atoms with Crippen LogP contribution in [-0.4, -0.2) is 48.9 Å². The van der Waals surface area contributed by atoms with Crippen LogP contribution >= 0.6 is 0 Å². The topological polar surface area (TPSA) is 118 Å². The summed E-state index contributed by atoms with van der Waals surface area (Å²) in [5.41, 5.74) is 4.96. The molecule has 4 N–H and O–H groups in total. The molecule has 0 radical (unpaired) electrons. The van der Waals surface area contributed by atoms with Crippen molar-refractivity contribution >= 4 is 0 Å². The number of methoxy groups -OCH3 is 4. The molecule has 226 valence electrons. The number of hydrogen-bond donors (Lipinski definition) is 4. The summed E-state index contributed by atoms with van der Waals surface area (Å²) in [7, 11) is 5.98. The van der Waals surface area contributed by atoms with Gasteiger partial charge in [-0.25, -0.2) is 0 Å². The minimum absolute atomic E-state index is 0.00282. The average Bonchev–Trinajstić information content (AvgIpc) is 3.02. The van der Waals surface area contributed by atoms with Crippen LogP contribution in [0.4, 0.5) is 0 Å². The third kappa shape index (κ3) is 5.87. The fraction of sp³-hybridized carbons (Fsp3) is 0.167. The molecule has 0 unspecified atom stereocenters. The third-order valence-electron chi connectivity index (χ3n) is 7.75. The van der Waals surface area contributed by atoms with Crippen LogP contribution in [0.15, 0.2) is 97.1 Å². The van der Waals surface area contributed by atoms with Crippen molar-refractivity contribution in [3.05, 3.63) is 130 Å². The summed E-state index contributed by atoms with van der Waals surface area (Å²) >= 11 is 0. The van der Waals surface area contributed by atoms with Crippen molar-refractivity contribution in [2.45, 2.75) is 11.8 Å². The molecule has 5 rings (SSSR count). The van der Waals surface area contributed by atoms with Gasteiger partial charge < -0.3 is 39.4 Å². The monoisotopic (exact) mass is 594 g/mol. The zero-order valence-corrected chi connectivity index (χ0v) is 24.8. The molecule has 5 aromatic rings. The van der Waals surface area contributed by atoms with Gasteiger partial charge in [0, 0.05) is 11.8 Å². The smallest absolute Gasteiger partial charge is 0.160 e. The number of aromatic hydroxyl groups is 4. The summed E-state index contributed by atoms with van der Waals surface area (Å²) in [6.07, 6.45) is 0. The number of rotatable bonds is 10. The Kier molecular flexibility index (Phi) is 8.71. The second-order valence-electron chi connectivity index (χ2n) is 10.3. The molecule has 0 heterocycles. The highest BCUT2D eigenvalue weighted by Crippen LogP contribution is 2.42. The van der Waals surface area contributed by atoms with E-state index in [0.717, 1.165) is 33.4 Å². The minimum Gasteiger partial charge on any atom is -0.504 e. The van der Waals surface area contributed by atoms with Crippen molar-refractivity contribution in [1.82, 2.24) is 0 Å². The second kappa shape index (κ2) is 12.8. The maximum absolute atomic E-state index is 10.6. The number of ether oxygens (including phenoxy) is 4. The van der Waals surface area contributed by atoms with Gasteiger partial charge in [0.15, 0.2) is 46.0 Å². The molecule has 0 saturated carbocycles. The Balaban J connectivity index is 1.63. The van der Waals surface area contributed by atoms with Gasteiger partial charge in [0.2, 0.25) is 0 Å². The van der Waals surface area contributed by atoms with Gasteiger partial charge in [0.25, 0.3) is 0 Å². The molecule has 0 aliphatic rings. The highest BCUT2D eigenvalue weighted by molar-refractivity contribution is 5.55. The van der Waals surface area contributed by atoms with Gasteiger partial charge in [-0.05, 0) is 81.9 Å². The van der Waals surface area contributed by atoms with Crippen molar-refractivity contribution in [2.75, 3.05) is 28.4 Å². The lowest BCUT2D eigenvalue weighted by atomic mass is 9.81. The van der Waals surface area contributed by atoms with Crippen LogP contribution in [0, 0.1) is 0 Å². The molecule has 0 atom stereocenters. The summed E-state index contributed by atoms with van der Waals surface area (Å²) in [6, 6.07) is 28.9. The van der Waals surface area contributed by atoms with E-state index >= 15 is 0 Å².